The standard InChI is InChI=1S/C30H30N4O5S/c1-19-15-20(2)28(21(3)16-19)40(38,39)34-26(29(35)36)18-22-12-13-24(23-9-5-4-6-10-23)25(17-22)32-30(37)33-27-11-7-8-14-31-27/h4-17,26,34H,18H2,1-3H3,(H,35,36)(H2,31,32,33,37). The fourth-order valence-corrected chi connectivity index (χ4v) is 6.29. The third-order valence-electron chi connectivity index (χ3n) is 6.23. The summed E-state index contributed by atoms with van der Waals surface area (Å²) >= 11 is 0. The molecule has 4 N–H and O–H groups in total. The van der Waals surface area contributed by atoms with Gasteiger partial charge in [-0.25, -0.2) is 18.2 Å². The molecule has 0 saturated carbocycles. The predicted octanol–water partition coefficient (Wildman–Crippen LogP) is 5.29. The summed E-state index contributed by atoms with van der Waals surface area (Å²) in [5, 5.41) is 15.4. The molecule has 4 aromatic rings. The van der Waals surface area contributed by atoms with Crippen LogP contribution in [0.15, 0.2) is 90.0 Å². The van der Waals surface area contributed by atoms with Crippen LogP contribution in [0.5, 0.6) is 0 Å². The van der Waals surface area contributed by atoms with Crippen molar-refractivity contribution in [3.63, 3.8) is 0 Å². The molecule has 1 aromatic heterocycles. The van der Waals surface area contributed by atoms with Crippen LogP contribution in [0.4, 0.5) is 16.3 Å². The van der Waals surface area contributed by atoms with Gasteiger partial charge in [0, 0.05) is 11.8 Å². The summed E-state index contributed by atoms with van der Waals surface area (Å²) in [6, 6.07) is 21.1. The van der Waals surface area contributed by atoms with Gasteiger partial charge in [-0.3, -0.25) is 10.1 Å². The molecule has 1 atom stereocenters. The third kappa shape index (κ3) is 6.90. The maximum Gasteiger partial charge on any atom is 0.324 e. The zero-order chi connectivity index (χ0) is 28.9. The molecule has 0 spiro atoms. The fourth-order valence-electron chi connectivity index (χ4n) is 4.65. The van der Waals surface area contributed by atoms with Crippen molar-refractivity contribution in [3.05, 3.63) is 107 Å². The zero-order valence-electron chi connectivity index (χ0n) is 22.3. The highest BCUT2D eigenvalue weighted by Gasteiger charge is 2.28. The molecule has 0 aliphatic carbocycles. The number of carbonyl (C=O) groups is 2. The SMILES string of the molecule is Cc1cc(C)c(S(=O)(=O)NC(Cc2ccc(-c3ccccc3)c(NC(=O)Nc3ccccn3)c2)C(=O)O)c(C)c1. The molecule has 0 fully saturated rings. The van der Waals surface area contributed by atoms with Gasteiger partial charge in [0.1, 0.15) is 11.9 Å². The van der Waals surface area contributed by atoms with E-state index in [0.29, 0.717) is 33.8 Å². The number of carbonyl (C=O) groups excluding carboxylic acids is 1. The van der Waals surface area contributed by atoms with Crippen molar-refractivity contribution < 1.29 is 23.1 Å². The van der Waals surface area contributed by atoms with E-state index in [4.69, 9.17) is 0 Å². The second-order valence-electron chi connectivity index (χ2n) is 9.48. The molecule has 10 heteroatoms. The lowest BCUT2D eigenvalue weighted by molar-refractivity contribution is -0.138. The topological polar surface area (TPSA) is 137 Å². The summed E-state index contributed by atoms with van der Waals surface area (Å²) in [6.45, 7) is 5.23. The molecular weight excluding hydrogens is 528 g/mol. The van der Waals surface area contributed by atoms with Gasteiger partial charge in [0.2, 0.25) is 10.0 Å². The van der Waals surface area contributed by atoms with Crippen molar-refractivity contribution in [2.45, 2.75) is 38.1 Å². The maximum atomic E-state index is 13.3. The molecule has 40 heavy (non-hydrogen) atoms. The summed E-state index contributed by atoms with van der Waals surface area (Å²) in [6.07, 6.45) is 1.41. The number of benzene rings is 3. The first kappa shape index (κ1) is 28.5. The van der Waals surface area contributed by atoms with Gasteiger partial charge in [-0.1, -0.05) is 66.2 Å². The van der Waals surface area contributed by atoms with Crippen molar-refractivity contribution in [2.24, 2.45) is 0 Å². The smallest absolute Gasteiger partial charge is 0.324 e. The first-order valence-electron chi connectivity index (χ1n) is 12.5. The first-order chi connectivity index (χ1) is 19.0. The first-order valence-corrected chi connectivity index (χ1v) is 14.0. The zero-order valence-corrected chi connectivity index (χ0v) is 23.1. The van der Waals surface area contributed by atoms with Crippen LogP contribution in [0.2, 0.25) is 0 Å². The molecule has 9 nitrogen and oxygen atoms in total. The number of aryl methyl sites for hydroxylation is 3. The van der Waals surface area contributed by atoms with E-state index in [0.717, 1.165) is 11.1 Å². The van der Waals surface area contributed by atoms with Crippen molar-refractivity contribution in [1.82, 2.24) is 9.71 Å². The summed E-state index contributed by atoms with van der Waals surface area (Å²) in [7, 11) is -4.14. The van der Waals surface area contributed by atoms with Crippen LogP contribution in [-0.2, 0) is 21.2 Å². The molecule has 2 amide bonds. The Hall–Kier alpha value is -4.54. The summed E-state index contributed by atoms with van der Waals surface area (Å²) in [4.78, 5) is 29.1. The Morgan fingerprint density at radius 2 is 1.55 bits per heavy atom. The van der Waals surface area contributed by atoms with Crippen molar-refractivity contribution in [2.75, 3.05) is 10.6 Å². The lowest BCUT2D eigenvalue weighted by Gasteiger charge is -2.19. The van der Waals surface area contributed by atoms with Gasteiger partial charge < -0.3 is 10.4 Å². The largest absolute Gasteiger partial charge is 0.480 e. The average molecular weight is 559 g/mol. The lowest BCUT2D eigenvalue weighted by atomic mass is 9.98. The van der Waals surface area contributed by atoms with E-state index in [2.05, 4.69) is 20.3 Å². The molecule has 0 aliphatic rings. The van der Waals surface area contributed by atoms with Gasteiger partial charge in [0.05, 0.1) is 10.6 Å². The van der Waals surface area contributed by atoms with Crippen LogP contribution in [0.25, 0.3) is 11.1 Å². The fraction of sp³-hybridized carbons (Fsp3) is 0.167. The number of nitrogens with one attached hydrogen (secondary N) is 3. The summed E-state index contributed by atoms with van der Waals surface area (Å²) in [5.74, 6) is -0.958. The van der Waals surface area contributed by atoms with Crippen molar-refractivity contribution in [1.29, 1.82) is 0 Å². The third-order valence-corrected chi connectivity index (χ3v) is 8.01. The Labute approximate surface area is 233 Å². The highest BCUT2D eigenvalue weighted by atomic mass is 32.2. The van der Waals surface area contributed by atoms with E-state index in [-0.39, 0.29) is 11.3 Å². The number of sulfonamides is 1. The molecule has 206 valence electrons. The monoisotopic (exact) mass is 558 g/mol. The van der Waals surface area contributed by atoms with E-state index in [9.17, 15) is 23.1 Å². The summed E-state index contributed by atoms with van der Waals surface area (Å²) < 4.78 is 28.9. The molecule has 1 heterocycles. The number of carboxylic acids is 1. The second kappa shape index (κ2) is 12.1. The highest BCUT2D eigenvalue weighted by Crippen LogP contribution is 2.30. The Balaban J connectivity index is 1.63. The predicted molar refractivity (Wildman–Crippen MR) is 155 cm³/mol. The second-order valence-corrected chi connectivity index (χ2v) is 11.1. The molecule has 4 rings (SSSR count). The Kier molecular flexibility index (Phi) is 8.61. The highest BCUT2D eigenvalue weighted by molar-refractivity contribution is 7.89. The normalized spacial score (nSPS) is 12.0. The van der Waals surface area contributed by atoms with Crippen LogP contribution < -0.4 is 15.4 Å². The van der Waals surface area contributed by atoms with E-state index < -0.39 is 28.1 Å². The number of carboxylic acid groups (broad SMARTS) is 1. The van der Waals surface area contributed by atoms with Gasteiger partial charge in [0.15, 0.2) is 0 Å². The van der Waals surface area contributed by atoms with Gasteiger partial charge >= 0.3 is 12.0 Å². The van der Waals surface area contributed by atoms with Crippen LogP contribution in [0, 0.1) is 20.8 Å². The average Bonchev–Trinajstić information content (AvgIpc) is 2.88. The van der Waals surface area contributed by atoms with E-state index in [1.807, 2.05) is 37.3 Å². The van der Waals surface area contributed by atoms with E-state index in [1.54, 1.807) is 68.6 Å². The van der Waals surface area contributed by atoms with E-state index >= 15 is 0 Å². The maximum absolute atomic E-state index is 13.3. The molecule has 1 unspecified atom stereocenters. The van der Waals surface area contributed by atoms with Crippen LogP contribution >= 0.6 is 0 Å². The van der Waals surface area contributed by atoms with Gasteiger partial charge in [0.25, 0.3) is 0 Å². The number of rotatable bonds is 9. The van der Waals surface area contributed by atoms with Crippen LogP contribution in [0.3, 0.4) is 0 Å². The van der Waals surface area contributed by atoms with Crippen molar-refractivity contribution >= 4 is 33.5 Å². The number of hydrogen-bond acceptors (Lipinski definition) is 5. The van der Waals surface area contributed by atoms with Gasteiger partial charge in [-0.2, -0.15) is 4.72 Å². The van der Waals surface area contributed by atoms with Crippen LogP contribution in [-0.4, -0.2) is 36.6 Å². The number of aromatic nitrogens is 1. The van der Waals surface area contributed by atoms with Gasteiger partial charge in [-0.05, 0) is 67.6 Å². The molecule has 0 bridgehead atoms. The Bertz CT molecular complexity index is 1620. The number of hydrogen-bond donors (Lipinski definition) is 4. The number of urea groups is 1. The number of aliphatic carboxylic acids is 1. The minimum atomic E-state index is -4.14. The number of amides is 2. The van der Waals surface area contributed by atoms with Crippen molar-refractivity contribution in [3.8, 4) is 11.1 Å². The minimum absolute atomic E-state index is 0.0670. The molecule has 0 aliphatic heterocycles. The van der Waals surface area contributed by atoms with Crippen LogP contribution in [0.1, 0.15) is 22.3 Å². The lowest BCUT2D eigenvalue weighted by Crippen LogP contribution is -2.42. The van der Waals surface area contributed by atoms with Gasteiger partial charge in [-0.15, -0.1) is 0 Å². The number of anilines is 2. The number of pyridine rings is 1. The summed E-state index contributed by atoms with van der Waals surface area (Å²) in [5.41, 5.74) is 4.46. The Morgan fingerprint density at radius 1 is 0.875 bits per heavy atom. The molecular formula is C30H30N4O5S. The quantitative estimate of drug-likeness (QED) is 0.220. The molecule has 0 saturated heterocycles. The van der Waals surface area contributed by atoms with E-state index in [1.165, 1.54) is 0 Å². The molecule has 3 aromatic carbocycles. The Morgan fingerprint density at radius 3 is 2.17 bits per heavy atom. The molecule has 0 radical (unpaired) electrons. The minimum Gasteiger partial charge on any atom is -0.480 e. The number of nitrogens with zero attached hydrogens (tertiary/aromatic N) is 1.